The second-order valence-electron chi connectivity index (χ2n) is 8.50. The highest BCUT2D eigenvalue weighted by atomic mass is 32.2. The van der Waals surface area contributed by atoms with Crippen LogP contribution in [0.25, 0.3) is 0 Å². The second-order valence-corrected chi connectivity index (χ2v) is 10.4. The fourth-order valence-corrected chi connectivity index (χ4v) is 5.40. The summed E-state index contributed by atoms with van der Waals surface area (Å²) in [7, 11) is -4.08. The second kappa shape index (κ2) is 11.6. The smallest absolute Gasteiger partial charge is 0.276 e. The Labute approximate surface area is 195 Å². The van der Waals surface area contributed by atoms with Crippen molar-refractivity contribution >= 4 is 15.9 Å². The van der Waals surface area contributed by atoms with E-state index in [1.54, 1.807) is 0 Å². The molecular formula is C24H32N2O6S. The van der Waals surface area contributed by atoms with Crippen molar-refractivity contribution in [3.63, 3.8) is 0 Å². The van der Waals surface area contributed by atoms with Gasteiger partial charge in [-0.25, -0.2) is 8.42 Å². The van der Waals surface area contributed by atoms with Crippen LogP contribution in [0.4, 0.5) is 0 Å². The van der Waals surface area contributed by atoms with Crippen LogP contribution >= 0.6 is 0 Å². The summed E-state index contributed by atoms with van der Waals surface area (Å²) in [6.45, 7) is 0.934. The third-order valence-electron chi connectivity index (χ3n) is 5.62. The number of nitrogens with zero attached hydrogens (tertiary/aromatic N) is 1. The Morgan fingerprint density at radius 2 is 1.94 bits per heavy atom. The third-order valence-corrected chi connectivity index (χ3v) is 7.34. The van der Waals surface area contributed by atoms with Gasteiger partial charge in [-0.15, -0.1) is 0 Å². The van der Waals surface area contributed by atoms with E-state index in [2.05, 4.69) is 11.4 Å². The molecule has 1 amide bonds. The van der Waals surface area contributed by atoms with E-state index in [9.17, 15) is 23.4 Å². The predicted molar refractivity (Wildman–Crippen MR) is 124 cm³/mol. The minimum atomic E-state index is -4.08. The van der Waals surface area contributed by atoms with Crippen LogP contribution in [0, 0.1) is 5.92 Å². The number of aliphatic hydroxyl groups is 2. The molecule has 0 saturated carbocycles. The van der Waals surface area contributed by atoms with Crippen molar-refractivity contribution in [1.82, 2.24) is 9.62 Å². The lowest BCUT2D eigenvalue weighted by Gasteiger charge is -2.30. The van der Waals surface area contributed by atoms with Gasteiger partial charge in [0, 0.05) is 19.5 Å². The first-order valence-electron chi connectivity index (χ1n) is 11.2. The Morgan fingerprint density at radius 3 is 2.55 bits per heavy atom. The van der Waals surface area contributed by atoms with E-state index in [0.717, 1.165) is 22.7 Å². The van der Waals surface area contributed by atoms with E-state index in [1.165, 1.54) is 25.3 Å². The number of hydrogen-bond donors (Lipinski definition) is 3. The molecule has 2 aromatic rings. The van der Waals surface area contributed by atoms with Crippen LogP contribution in [0.2, 0.25) is 0 Å². The fraction of sp³-hybridized carbons (Fsp3) is 0.458. The van der Waals surface area contributed by atoms with Gasteiger partial charge >= 0.3 is 0 Å². The van der Waals surface area contributed by atoms with Gasteiger partial charge in [0.2, 0.25) is 11.0 Å². The normalized spacial score (nSPS) is 18.8. The summed E-state index contributed by atoms with van der Waals surface area (Å²) in [6.07, 6.45) is 5.68. The maximum atomic E-state index is 13.0. The van der Waals surface area contributed by atoms with Crippen molar-refractivity contribution in [2.75, 3.05) is 13.1 Å². The Hall–Kier alpha value is -2.46. The van der Waals surface area contributed by atoms with E-state index in [-0.39, 0.29) is 30.0 Å². The molecule has 0 aliphatic heterocycles. The number of allylic oxidation sites excluding steroid dienone is 2. The van der Waals surface area contributed by atoms with Crippen molar-refractivity contribution in [3.8, 4) is 0 Å². The monoisotopic (exact) mass is 476 g/mol. The number of carbonyl (C=O) groups is 1. The molecule has 1 aliphatic carbocycles. The van der Waals surface area contributed by atoms with Crippen LogP contribution < -0.4 is 5.32 Å². The predicted octanol–water partition coefficient (Wildman–Crippen LogP) is 2.10. The topological polar surface area (TPSA) is 120 Å². The molecule has 1 heterocycles. The molecule has 1 aromatic carbocycles. The van der Waals surface area contributed by atoms with Gasteiger partial charge in [-0.05, 0) is 49.8 Å². The van der Waals surface area contributed by atoms with Crippen molar-refractivity contribution in [1.29, 1.82) is 0 Å². The van der Waals surface area contributed by atoms with Gasteiger partial charge < -0.3 is 19.9 Å². The first-order chi connectivity index (χ1) is 15.8. The van der Waals surface area contributed by atoms with E-state index in [4.69, 9.17) is 4.42 Å². The Kier molecular flexibility index (Phi) is 8.85. The standard InChI is InChI=1S/C24H32N2O6S/c1-18(27)16-26(33(30,31)24-12-7-13-32-24)17-22(28)21(14-19-8-3-2-4-9-19)25-23(29)15-20-10-5-6-11-20/h2-5,7-10,12-13,18,20-22,27-28H,6,11,14-17H2,1H3,(H,25,29)/t18-,20-,21-,22+/m0/s1. The number of benzene rings is 1. The van der Waals surface area contributed by atoms with Crippen LogP contribution in [-0.4, -0.2) is 60.2 Å². The molecule has 4 atom stereocenters. The molecule has 180 valence electrons. The highest BCUT2D eigenvalue weighted by molar-refractivity contribution is 7.89. The van der Waals surface area contributed by atoms with E-state index in [0.29, 0.717) is 12.8 Å². The molecule has 0 spiro atoms. The summed E-state index contributed by atoms with van der Waals surface area (Å²) >= 11 is 0. The number of hydrogen-bond acceptors (Lipinski definition) is 6. The molecule has 3 rings (SSSR count). The number of rotatable bonds is 12. The van der Waals surface area contributed by atoms with Crippen molar-refractivity contribution < 1.29 is 27.8 Å². The lowest BCUT2D eigenvalue weighted by atomic mass is 9.99. The highest BCUT2D eigenvalue weighted by Crippen LogP contribution is 2.21. The van der Waals surface area contributed by atoms with Gasteiger partial charge in [0.05, 0.1) is 24.5 Å². The van der Waals surface area contributed by atoms with Crippen molar-refractivity contribution in [2.24, 2.45) is 5.92 Å². The van der Waals surface area contributed by atoms with Crippen molar-refractivity contribution in [2.45, 2.75) is 55.9 Å². The molecule has 0 radical (unpaired) electrons. The number of nitrogens with one attached hydrogen (secondary N) is 1. The molecule has 0 unspecified atom stereocenters. The first-order valence-corrected chi connectivity index (χ1v) is 12.6. The zero-order valence-electron chi connectivity index (χ0n) is 18.7. The van der Waals surface area contributed by atoms with Crippen LogP contribution in [-0.2, 0) is 21.2 Å². The quantitative estimate of drug-likeness (QED) is 0.404. The molecule has 0 bridgehead atoms. The Morgan fingerprint density at radius 1 is 1.18 bits per heavy atom. The lowest BCUT2D eigenvalue weighted by Crippen LogP contribution is -2.51. The average Bonchev–Trinajstić information content (AvgIpc) is 3.48. The Bertz CT molecular complexity index is 1000. The molecular weight excluding hydrogens is 444 g/mol. The largest absolute Gasteiger partial charge is 0.452 e. The van der Waals surface area contributed by atoms with Crippen LogP contribution in [0.1, 0.15) is 31.7 Å². The lowest BCUT2D eigenvalue weighted by molar-refractivity contribution is -0.123. The van der Waals surface area contributed by atoms with E-state index >= 15 is 0 Å². The van der Waals surface area contributed by atoms with Gasteiger partial charge in [0.25, 0.3) is 10.0 Å². The maximum absolute atomic E-state index is 13.0. The number of furan rings is 1. The van der Waals surface area contributed by atoms with Gasteiger partial charge in [-0.2, -0.15) is 4.31 Å². The fourth-order valence-electron chi connectivity index (χ4n) is 3.96. The summed E-state index contributed by atoms with van der Waals surface area (Å²) in [5, 5.41) is 23.6. The van der Waals surface area contributed by atoms with Gasteiger partial charge in [-0.1, -0.05) is 42.5 Å². The summed E-state index contributed by atoms with van der Waals surface area (Å²) in [5.74, 6) is -0.0203. The first kappa shape index (κ1) is 25.2. The maximum Gasteiger partial charge on any atom is 0.276 e. The highest BCUT2D eigenvalue weighted by Gasteiger charge is 2.33. The molecule has 0 fully saturated rings. The summed E-state index contributed by atoms with van der Waals surface area (Å²) in [6, 6.07) is 11.4. The molecule has 33 heavy (non-hydrogen) atoms. The minimum Gasteiger partial charge on any atom is -0.452 e. The average molecular weight is 477 g/mol. The minimum absolute atomic E-state index is 0.172. The zero-order chi connectivity index (χ0) is 23.8. The summed E-state index contributed by atoms with van der Waals surface area (Å²) in [5.41, 5.74) is 0.901. The molecule has 3 N–H and O–H groups in total. The number of sulfonamides is 1. The van der Waals surface area contributed by atoms with Crippen molar-refractivity contribution in [3.05, 3.63) is 66.4 Å². The van der Waals surface area contributed by atoms with Crippen LogP contribution in [0.3, 0.4) is 0 Å². The number of amides is 1. The van der Waals surface area contributed by atoms with Gasteiger partial charge in [0.15, 0.2) is 0 Å². The molecule has 8 nitrogen and oxygen atoms in total. The number of carbonyl (C=O) groups excluding carboxylic acids is 1. The SMILES string of the molecule is C[C@H](O)CN(C[C@@H](O)[C@H](Cc1ccccc1)NC(=O)C[C@H]1C=CCC1)S(=O)(=O)c1ccco1. The third kappa shape index (κ3) is 7.26. The zero-order valence-corrected chi connectivity index (χ0v) is 19.5. The molecule has 1 aliphatic rings. The van der Waals surface area contributed by atoms with Gasteiger partial charge in [-0.3, -0.25) is 4.79 Å². The Balaban J connectivity index is 1.77. The summed E-state index contributed by atoms with van der Waals surface area (Å²) < 4.78 is 32.1. The van der Waals surface area contributed by atoms with Gasteiger partial charge in [0.1, 0.15) is 0 Å². The van der Waals surface area contributed by atoms with Crippen LogP contribution in [0.5, 0.6) is 0 Å². The van der Waals surface area contributed by atoms with E-state index in [1.807, 2.05) is 36.4 Å². The number of aliphatic hydroxyl groups excluding tert-OH is 2. The summed E-state index contributed by atoms with van der Waals surface area (Å²) in [4.78, 5) is 12.7. The molecule has 0 saturated heterocycles. The van der Waals surface area contributed by atoms with E-state index < -0.39 is 28.3 Å². The molecule has 9 heteroatoms. The van der Waals surface area contributed by atoms with Crippen LogP contribution in [0.15, 0.2) is 70.4 Å². The molecule has 1 aromatic heterocycles.